The summed E-state index contributed by atoms with van der Waals surface area (Å²) in [6.07, 6.45) is 0.329. The molecule has 0 aliphatic carbocycles. The number of carbonyl (C=O) groups excluding carboxylic acids is 4. The molecular formula is C25H33N3O6. The Morgan fingerprint density at radius 3 is 2.35 bits per heavy atom. The quantitative estimate of drug-likeness (QED) is 0.512. The molecule has 0 aliphatic heterocycles. The minimum atomic E-state index is -0.765. The number of nitrogens with one attached hydrogen (secondary N) is 2. The van der Waals surface area contributed by atoms with Crippen molar-refractivity contribution in [2.75, 3.05) is 25.0 Å². The van der Waals surface area contributed by atoms with Crippen molar-refractivity contribution in [3.05, 3.63) is 52.3 Å². The molecular weight excluding hydrogens is 438 g/mol. The molecule has 2 rings (SSSR count). The molecule has 0 bridgehead atoms. The molecule has 0 fully saturated rings. The summed E-state index contributed by atoms with van der Waals surface area (Å²) < 4.78 is 10.4. The van der Waals surface area contributed by atoms with Crippen LogP contribution in [0.2, 0.25) is 0 Å². The Hall–Kier alpha value is -3.62. The van der Waals surface area contributed by atoms with Crippen LogP contribution in [0.25, 0.3) is 0 Å². The molecule has 1 heterocycles. The smallest absolute Gasteiger partial charge is 0.355 e. The van der Waals surface area contributed by atoms with E-state index in [0.29, 0.717) is 29.9 Å². The van der Waals surface area contributed by atoms with Gasteiger partial charge in [0.15, 0.2) is 6.61 Å². The van der Waals surface area contributed by atoms with E-state index in [1.807, 2.05) is 32.0 Å². The SMILES string of the molecule is CCCN(CC(=O)Nc1ccccc1C)C(=O)COC(=O)c1[nH]c(C)c(C(=O)OC(C)C)c1C. The van der Waals surface area contributed by atoms with Crippen molar-refractivity contribution in [3.63, 3.8) is 0 Å². The number of aromatic nitrogens is 1. The molecule has 1 aromatic carbocycles. The average Bonchev–Trinajstić information content (AvgIpc) is 3.06. The molecule has 34 heavy (non-hydrogen) atoms. The standard InChI is InChI=1S/C25H33N3O6/c1-7-12-28(13-20(29)27-19-11-9-8-10-16(19)4)21(30)14-33-25(32)23-17(5)22(18(6)26-23)24(31)34-15(2)3/h8-11,15,26H,7,12-14H2,1-6H3,(H,27,29). The summed E-state index contributed by atoms with van der Waals surface area (Å²) >= 11 is 0. The van der Waals surface area contributed by atoms with Crippen LogP contribution in [0.3, 0.4) is 0 Å². The van der Waals surface area contributed by atoms with Gasteiger partial charge in [0.25, 0.3) is 5.91 Å². The number of hydrogen-bond donors (Lipinski definition) is 2. The first-order chi connectivity index (χ1) is 16.0. The summed E-state index contributed by atoms with van der Waals surface area (Å²) in [7, 11) is 0. The molecule has 0 saturated heterocycles. The Bertz CT molecular complexity index is 1060. The number of benzene rings is 1. The van der Waals surface area contributed by atoms with Crippen molar-refractivity contribution in [1.82, 2.24) is 9.88 Å². The highest BCUT2D eigenvalue weighted by Gasteiger charge is 2.26. The fourth-order valence-corrected chi connectivity index (χ4v) is 3.46. The van der Waals surface area contributed by atoms with E-state index in [4.69, 9.17) is 9.47 Å². The van der Waals surface area contributed by atoms with E-state index in [9.17, 15) is 19.2 Å². The van der Waals surface area contributed by atoms with E-state index in [0.717, 1.165) is 5.56 Å². The van der Waals surface area contributed by atoms with Gasteiger partial charge in [-0.2, -0.15) is 0 Å². The maximum atomic E-state index is 12.7. The second-order valence-corrected chi connectivity index (χ2v) is 8.33. The Labute approximate surface area is 199 Å². The zero-order valence-corrected chi connectivity index (χ0v) is 20.6. The Kier molecular flexibility index (Phi) is 9.41. The molecule has 2 aromatic rings. The number of esters is 2. The van der Waals surface area contributed by atoms with Gasteiger partial charge in [-0.15, -0.1) is 0 Å². The molecule has 0 radical (unpaired) electrons. The minimum Gasteiger partial charge on any atom is -0.459 e. The highest BCUT2D eigenvalue weighted by molar-refractivity contribution is 5.99. The first-order valence-electron chi connectivity index (χ1n) is 11.3. The maximum Gasteiger partial charge on any atom is 0.355 e. The van der Waals surface area contributed by atoms with Crippen LogP contribution in [0.5, 0.6) is 0 Å². The Balaban J connectivity index is 2.02. The van der Waals surface area contributed by atoms with E-state index in [2.05, 4.69) is 10.3 Å². The lowest BCUT2D eigenvalue weighted by Crippen LogP contribution is -2.40. The second kappa shape index (κ2) is 12.0. The predicted molar refractivity (Wildman–Crippen MR) is 128 cm³/mol. The van der Waals surface area contributed by atoms with Crippen LogP contribution in [0, 0.1) is 20.8 Å². The van der Waals surface area contributed by atoms with Gasteiger partial charge >= 0.3 is 11.9 Å². The maximum absolute atomic E-state index is 12.7. The van der Waals surface area contributed by atoms with Crippen molar-refractivity contribution < 1.29 is 28.7 Å². The van der Waals surface area contributed by atoms with Gasteiger partial charge in [-0.3, -0.25) is 9.59 Å². The molecule has 0 atom stereocenters. The monoisotopic (exact) mass is 471 g/mol. The summed E-state index contributed by atoms with van der Waals surface area (Å²) in [4.78, 5) is 54.3. The van der Waals surface area contributed by atoms with Crippen molar-refractivity contribution in [2.45, 2.75) is 54.1 Å². The van der Waals surface area contributed by atoms with Crippen LogP contribution in [-0.2, 0) is 19.1 Å². The largest absolute Gasteiger partial charge is 0.459 e. The molecule has 9 nitrogen and oxygen atoms in total. The van der Waals surface area contributed by atoms with Gasteiger partial charge in [-0.1, -0.05) is 25.1 Å². The highest BCUT2D eigenvalue weighted by Crippen LogP contribution is 2.20. The second-order valence-electron chi connectivity index (χ2n) is 8.33. The number of anilines is 1. The van der Waals surface area contributed by atoms with Crippen LogP contribution in [0.1, 0.15) is 64.9 Å². The predicted octanol–water partition coefficient (Wildman–Crippen LogP) is 3.54. The zero-order chi connectivity index (χ0) is 25.4. The lowest BCUT2D eigenvalue weighted by atomic mass is 10.1. The molecule has 0 aliphatic rings. The number of ether oxygens (including phenoxy) is 2. The third-order valence-corrected chi connectivity index (χ3v) is 5.12. The minimum absolute atomic E-state index is 0.0837. The number of amides is 2. The van der Waals surface area contributed by atoms with E-state index in [1.54, 1.807) is 33.8 Å². The van der Waals surface area contributed by atoms with Gasteiger partial charge in [0.2, 0.25) is 5.91 Å². The van der Waals surface area contributed by atoms with Gasteiger partial charge in [-0.25, -0.2) is 9.59 Å². The lowest BCUT2D eigenvalue weighted by Gasteiger charge is -2.21. The van der Waals surface area contributed by atoms with Crippen LogP contribution in [-0.4, -0.2) is 59.4 Å². The molecule has 0 unspecified atom stereocenters. The highest BCUT2D eigenvalue weighted by atomic mass is 16.5. The van der Waals surface area contributed by atoms with Crippen LogP contribution >= 0.6 is 0 Å². The van der Waals surface area contributed by atoms with Crippen LogP contribution in [0.15, 0.2) is 24.3 Å². The average molecular weight is 472 g/mol. The molecule has 1 aromatic heterocycles. The summed E-state index contributed by atoms with van der Waals surface area (Å²) in [5.41, 5.74) is 2.80. The first kappa shape index (κ1) is 26.6. The Morgan fingerprint density at radius 2 is 1.74 bits per heavy atom. The number of H-pyrrole nitrogens is 1. The van der Waals surface area contributed by atoms with Crippen molar-refractivity contribution in [3.8, 4) is 0 Å². The molecule has 184 valence electrons. The summed E-state index contributed by atoms with van der Waals surface area (Å²) in [5, 5.41) is 2.80. The number of para-hydroxylation sites is 1. The van der Waals surface area contributed by atoms with E-state index < -0.39 is 24.5 Å². The third-order valence-electron chi connectivity index (χ3n) is 5.12. The van der Waals surface area contributed by atoms with E-state index in [1.165, 1.54) is 4.90 Å². The van der Waals surface area contributed by atoms with Gasteiger partial charge in [0.1, 0.15) is 5.69 Å². The number of aromatic amines is 1. The number of aryl methyl sites for hydroxylation is 2. The molecule has 0 saturated carbocycles. The number of hydrogen-bond acceptors (Lipinski definition) is 6. The van der Waals surface area contributed by atoms with Gasteiger partial charge < -0.3 is 24.7 Å². The van der Waals surface area contributed by atoms with Crippen LogP contribution in [0.4, 0.5) is 5.69 Å². The Morgan fingerprint density at radius 1 is 1.06 bits per heavy atom. The summed E-state index contributed by atoms with van der Waals surface area (Å²) in [6, 6.07) is 7.35. The normalized spacial score (nSPS) is 10.7. The number of carbonyl (C=O) groups is 4. The fraction of sp³-hybridized carbons (Fsp3) is 0.440. The van der Waals surface area contributed by atoms with E-state index >= 15 is 0 Å². The summed E-state index contributed by atoms with van der Waals surface area (Å²) in [6.45, 7) is 10.1. The fourth-order valence-electron chi connectivity index (χ4n) is 3.46. The third kappa shape index (κ3) is 6.94. The number of nitrogens with zero attached hydrogens (tertiary/aromatic N) is 1. The molecule has 9 heteroatoms. The molecule has 0 spiro atoms. The summed E-state index contributed by atoms with van der Waals surface area (Å²) in [5.74, 6) is -2.13. The van der Waals surface area contributed by atoms with Crippen molar-refractivity contribution in [1.29, 1.82) is 0 Å². The van der Waals surface area contributed by atoms with Crippen molar-refractivity contribution in [2.24, 2.45) is 0 Å². The van der Waals surface area contributed by atoms with Gasteiger partial charge in [0, 0.05) is 17.9 Å². The van der Waals surface area contributed by atoms with Gasteiger partial charge in [-0.05, 0) is 58.2 Å². The lowest BCUT2D eigenvalue weighted by molar-refractivity contribution is -0.137. The molecule has 2 N–H and O–H groups in total. The first-order valence-corrected chi connectivity index (χ1v) is 11.3. The van der Waals surface area contributed by atoms with Gasteiger partial charge in [0.05, 0.1) is 18.2 Å². The van der Waals surface area contributed by atoms with Crippen LogP contribution < -0.4 is 5.32 Å². The topological polar surface area (TPSA) is 118 Å². The zero-order valence-electron chi connectivity index (χ0n) is 20.6. The molecule has 2 amide bonds. The number of rotatable bonds is 10. The van der Waals surface area contributed by atoms with Crippen molar-refractivity contribution >= 4 is 29.4 Å². The van der Waals surface area contributed by atoms with E-state index in [-0.39, 0.29) is 29.8 Å².